The lowest BCUT2D eigenvalue weighted by Gasteiger charge is -2.13. The number of nitrogens with one attached hydrogen (secondary N) is 1. The molecule has 1 aromatic heterocycles. The highest BCUT2D eigenvalue weighted by atomic mass is 19.4. The van der Waals surface area contributed by atoms with E-state index in [9.17, 15) is 13.2 Å². The lowest BCUT2D eigenvalue weighted by molar-refractivity contribution is -0.274. The largest absolute Gasteiger partial charge is 0.573 e. The maximum Gasteiger partial charge on any atom is 0.573 e. The van der Waals surface area contributed by atoms with E-state index >= 15 is 0 Å². The molecule has 152 valence electrons. The first-order chi connectivity index (χ1) is 13.9. The minimum Gasteiger partial charge on any atom is -0.406 e. The minimum atomic E-state index is -4.73. The van der Waals surface area contributed by atoms with Crippen molar-refractivity contribution in [2.75, 3.05) is 18.5 Å². The molecule has 0 spiro atoms. The van der Waals surface area contributed by atoms with E-state index in [0.717, 1.165) is 17.5 Å². The molecule has 1 unspecified atom stereocenters. The van der Waals surface area contributed by atoms with Crippen molar-refractivity contribution in [2.45, 2.75) is 25.7 Å². The number of halogens is 3. The molecular formula is C20H19F3N4O2. The minimum absolute atomic E-state index is 0.0941. The van der Waals surface area contributed by atoms with E-state index in [1.807, 2.05) is 31.2 Å². The molecule has 0 radical (unpaired) electrons. The zero-order valence-electron chi connectivity index (χ0n) is 15.6. The average Bonchev–Trinajstić information content (AvgIpc) is 3.32. The van der Waals surface area contributed by atoms with Crippen molar-refractivity contribution in [1.82, 2.24) is 14.8 Å². The molecule has 2 aromatic carbocycles. The van der Waals surface area contributed by atoms with Gasteiger partial charge < -0.3 is 14.8 Å². The highest BCUT2D eigenvalue weighted by molar-refractivity contribution is 5.58. The van der Waals surface area contributed by atoms with Crippen molar-refractivity contribution >= 4 is 5.95 Å². The van der Waals surface area contributed by atoms with Crippen molar-refractivity contribution in [3.05, 3.63) is 54.1 Å². The number of alkyl halides is 3. The fraction of sp³-hybridized carbons (Fsp3) is 0.300. The number of nitrogens with zero attached hydrogens (tertiary/aromatic N) is 3. The molecule has 0 bridgehead atoms. The van der Waals surface area contributed by atoms with E-state index in [0.29, 0.717) is 30.7 Å². The number of benzene rings is 2. The Morgan fingerprint density at radius 2 is 1.83 bits per heavy atom. The first-order valence-corrected chi connectivity index (χ1v) is 9.12. The maximum atomic E-state index is 12.4. The SMILES string of the molecule is Cc1ccc(-c2nc(NC3CCOC3)n(-c3ccc(OC(F)(F)F)cc3)n2)cc1. The van der Waals surface area contributed by atoms with Crippen LogP contribution >= 0.6 is 0 Å². The van der Waals surface area contributed by atoms with Gasteiger partial charge in [0.05, 0.1) is 18.3 Å². The first-order valence-electron chi connectivity index (χ1n) is 9.12. The third-order valence-corrected chi connectivity index (χ3v) is 4.49. The van der Waals surface area contributed by atoms with Crippen LogP contribution in [-0.4, -0.2) is 40.4 Å². The number of hydrogen-bond donors (Lipinski definition) is 1. The van der Waals surface area contributed by atoms with Gasteiger partial charge in [-0.25, -0.2) is 0 Å². The number of anilines is 1. The van der Waals surface area contributed by atoms with Crippen LogP contribution in [0.3, 0.4) is 0 Å². The summed E-state index contributed by atoms with van der Waals surface area (Å²) in [6, 6.07) is 13.4. The monoisotopic (exact) mass is 404 g/mol. The van der Waals surface area contributed by atoms with Gasteiger partial charge >= 0.3 is 6.36 Å². The fourth-order valence-corrected chi connectivity index (χ4v) is 3.03. The molecular weight excluding hydrogens is 385 g/mol. The Hall–Kier alpha value is -3.07. The standard InChI is InChI=1S/C20H19F3N4O2/c1-13-2-4-14(5-3-13)18-25-19(24-15-10-11-28-12-15)27(26-18)16-6-8-17(9-7-16)29-20(21,22)23/h2-9,15H,10-12H2,1H3,(H,24,25,26). The number of aromatic nitrogens is 3. The second-order valence-electron chi connectivity index (χ2n) is 6.78. The Morgan fingerprint density at radius 3 is 2.45 bits per heavy atom. The third-order valence-electron chi connectivity index (χ3n) is 4.49. The molecule has 0 aliphatic carbocycles. The van der Waals surface area contributed by atoms with Crippen LogP contribution < -0.4 is 10.1 Å². The summed E-state index contributed by atoms with van der Waals surface area (Å²) < 4.78 is 48.1. The Kier molecular flexibility index (Phi) is 5.14. The van der Waals surface area contributed by atoms with Gasteiger partial charge in [0.15, 0.2) is 5.82 Å². The van der Waals surface area contributed by atoms with Crippen LogP contribution in [0.5, 0.6) is 5.75 Å². The Bertz CT molecular complexity index is 963. The summed E-state index contributed by atoms with van der Waals surface area (Å²) in [6.07, 6.45) is -3.90. The van der Waals surface area contributed by atoms with Crippen LogP contribution in [0.4, 0.5) is 19.1 Å². The maximum absolute atomic E-state index is 12.4. The number of hydrogen-bond acceptors (Lipinski definition) is 5. The van der Waals surface area contributed by atoms with E-state index in [2.05, 4.69) is 20.1 Å². The van der Waals surface area contributed by atoms with E-state index in [1.165, 1.54) is 24.3 Å². The summed E-state index contributed by atoms with van der Waals surface area (Å²) >= 11 is 0. The van der Waals surface area contributed by atoms with Gasteiger partial charge in [-0.1, -0.05) is 29.8 Å². The molecule has 1 atom stereocenters. The highest BCUT2D eigenvalue weighted by Crippen LogP contribution is 2.26. The second-order valence-corrected chi connectivity index (χ2v) is 6.78. The van der Waals surface area contributed by atoms with Crippen LogP contribution in [0.2, 0.25) is 0 Å². The summed E-state index contributed by atoms with van der Waals surface area (Å²) in [5.74, 6) is 0.724. The molecule has 29 heavy (non-hydrogen) atoms. The molecule has 9 heteroatoms. The van der Waals surface area contributed by atoms with Crippen LogP contribution in [0.15, 0.2) is 48.5 Å². The molecule has 1 fully saturated rings. The van der Waals surface area contributed by atoms with Gasteiger partial charge in [-0.05, 0) is 37.6 Å². The number of aryl methyl sites for hydroxylation is 1. The summed E-state index contributed by atoms with van der Waals surface area (Å²) in [5.41, 5.74) is 2.53. The molecule has 0 amide bonds. The second kappa shape index (κ2) is 7.75. The molecule has 3 aromatic rings. The Labute approximate surface area is 165 Å². The normalized spacial score (nSPS) is 16.8. The van der Waals surface area contributed by atoms with E-state index < -0.39 is 6.36 Å². The molecule has 1 saturated heterocycles. The molecule has 6 nitrogen and oxygen atoms in total. The van der Waals surface area contributed by atoms with Crippen molar-refractivity contribution in [3.8, 4) is 22.8 Å². The lowest BCUT2D eigenvalue weighted by atomic mass is 10.1. The molecule has 1 N–H and O–H groups in total. The van der Waals surface area contributed by atoms with Crippen LogP contribution in [-0.2, 0) is 4.74 Å². The third kappa shape index (κ3) is 4.68. The molecule has 1 aliphatic heterocycles. The van der Waals surface area contributed by atoms with Gasteiger partial charge in [-0.15, -0.1) is 18.3 Å². The molecule has 4 rings (SSSR count). The van der Waals surface area contributed by atoms with Crippen LogP contribution in [0.1, 0.15) is 12.0 Å². The lowest BCUT2D eigenvalue weighted by Crippen LogP contribution is -2.21. The number of ether oxygens (including phenoxy) is 2. The first kappa shape index (κ1) is 19.3. The van der Waals surface area contributed by atoms with Gasteiger partial charge in [0.1, 0.15) is 5.75 Å². The van der Waals surface area contributed by atoms with Gasteiger partial charge in [0.2, 0.25) is 5.95 Å². The van der Waals surface area contributed by atoms with Gasteiger partial charge in [0, 0.05) is 12.2 Å². The van der Waals surface area contributed by atoms with Crippen molar-refractivity contribution in [3.63, 3.8) is 0 Å². The predicted octanol–water partition coefficient (Wildman–Crippen LogP) is 4.34. The highest BCUT2D eigenvalue weighted by Gasteiger charge is 2.31. The summed E-state index contributed by atoms with van der Waals surface area (Å²) in [5, 5.41) is 7.88. The smallest absolute Gasteiger partial charge is 0.406 e. The molecule has 2 heterocycles. The predicted molar refractivity (Wildman–Crippen MR) is 101 cm³/mol. The molecule has 1 aliphatic rings. The summed E-state index contributed by atoms with van der Waals surface area (Å²) in [6.45, 7) is 3.22. The number of rotatable bonds is 5. The van der Waals surface area contributed by atoms with Crippen LogP contribution in [0.25, 0.3) is 17.1 Å². The van der Waals surface area contributed by atoms with Gasteiger partial charge in [-0.2, -0.15) is 9.67 Å². The van der Waals surface area contributed by atoms with Gasteiger partial charge in [-0.3, -0.25) is 0 Å². The topological polar surface area (TPSA) is 61.2 Å². The zero-order valence-corrected chi connectivity index (χ0v) is 15.6. The zero-order chi connectivity index (χ0) is 20.4. The van der Waals surface area contributed by atoms with E-state index in [-0.39, 0.29) is 11.8 Å². The summed E-state index contributed by atoms with van der Waals surface area (Å²) in [7, 11) is 0. The van der Waals surface area contributed by atoms with E-state index in [4.69, 9.17) is 4.74 Å². The fourth-order valence-electron chi connectivity index (χ4n) is 3.03. The Balaban J connectivity index is 1.67. The quantitative estimate of drug-likeness (QED) is 0.686. The van der Waals surface area contributed by atoms with Crippen molar-refractivity contribution in [2.24, 2.45) is 0 Å². The van der Waals surface area contributed by atoms with Crippen molar-refractivity contribution in [1.29, 1.82) is 0 Å². The Morgan fingerprint density at radius 1 is 1.10 bits per heavy atom. The summed E-state index contributed by atoms with van der Waals surface area (Å²) in [4.78, 5) is 4.61. The van der Waals surface area contributed by atoms with Crippen LogP contribution in [0, 0.1) is 6.92 Å². The van der Waals surface area contributed by atoms with Crippen molar-refractivity contribution < 1.29 is 22.6 Å². The average molecular weight is 404 g/mol. The molecule has 0 saturated carbocycles. The van der Waals surface area contributed by atoms with Gasteiger partial charge in [0.25, 0.3) is 0 Å². The van der Waals surface area contributed by atoms with E-state index in [1.54, 1.807) is 4.68 Å².